The SMILES string of the molecule is COc1ccc(CN=C(N)NCCCN2CCOCC2)c(C(F)(F)F)c1.I. The van der Waals surface area contributed by atoms with Crippen molar-refractivity contribution in [2.45, 2.75) is 19.1 Å². The van der Waals surface area contributed by atoms with Gasteiger partial charge in [-0.05, 0) is 30.7 Å². The summed E-state index contributed by atoms with van der Waals surface area (Å²) in [5.74, 6) is 0.287. The van der Waals surface area contributed by atoms with Crippen molar-refractivity contribution >= 4 is 29.9 Å². The number of hydrogen-bond acceptors (Lipinski definition) is 4. The zero-order valence-electron chi connectivity index (χ0n) is 15.2. The van der Waals surface area contributed by atoms with Crippen molar-refractivity contribution in [3.8, 4) is 5.75 Å². The van der Waals surface area contributed by atoms with Crippen molar-refractivity contribution in [1.82, 2.24) is 10.2 Å². The molecule has 27 heavy (non-hydrogen) atoms. The van der Waals surface area contributed by atoms with Crippen molar-refractivity contribution in [3.05, 3.63) is 29.3 Å². The van der Waals surface area contributed by atoms with E-state index in [0.29, 0.717) is 6.54 Å². The van der Waals surface area contributed by atoms with E-state index in [-0.39, 0.29) is 47.8 Å². The number of nitrogens with zero attached hydrogens (tertiary/aromatic N) is 2. The molecule has 6 nitrogen and oxygen atoms in total. The molecule has 0 saturated carbocycles. The molecule has 1 aliphatic heterocycles. The fourth-order valence-electron chi connectivity index (χ4n) is 2.65. The minimum absolute atomic E-state index is 0. The van der Waals surface area contributed by atoms with Crippen molar-refractivity contribution in [3.63, 3.8) is 0 Å². The van der Waals surface area contributed by atoms with Gasteiger partial charge >= 0.3 is 6.18 Å². The molecule has 0 unspecified atom stereocenters. The van der Waals surface area contributed by atoms with Gasteiger partial charge in [-0.15, -0.1) is 24.0 Å². The van der Waals surface area contributed by atoms with Crippen LogP contribution in [0.3, 0.4) is 0 Å². The first-order chi connectivity index (χ1) is 12.4. The van der Waals surface area contributed by atoms with Crippen LogP contribution in [-0.4, -0.2) is 57.4 Å². The average molecular weight is 502 g/mol. The van der Waals surface area contributed by atoms with Gasteiger partial charge in [-0.2, -0.15) is 13.2 Å². The van der Waals surface area contributed by atoms with E-state index in [1.54, 1.807) is 0 Å². The lowest BCUT2D eigenvalue weighted by Gasteiger charge is -2.26. The van der Waals surface area contributed by atoms with Crippen LogP contribution in [0.25, 0.3) is 0 Å². The highest BCUT2D eigenvalue weighted by Gasteiger charge is 2.33. The molecule has 1 aromatic rings. The highest BCUT2D eigenvalue weighted by atomic mass is 127. The minimum atomic E-state index is -4.47. The fraction of sp³-hybridized carbons (Fsp3) is 0.588. The highest BCUT2D eigenvalue weighted by Crippen LogP contribution is 2.34. The Kier molecular flexibility index (Phi) is 10.2. The van der Waals surface area contributed by atoms with Crippen LogP contribution in [0.5, 0.6) is 5.75 Å². The Bertz CT molecular complexity index is 608. The Morgan fingerprint density at radius 3 is 2.67 bits per heavy atom. The molecule has 1 aromatic carbocycles. The van der Waals surface area contributed by atoms with Crippen LogP contribution < -0.4 is 15.8 Å². The molecule has 2 rings (SSSR count). The van der Waals surface area contributed by atoms with E-state index in [9.17, 15) is 13.2 Å². The van der Waals surface area contributed by atoms with Gasteiger partial charge in [-0.25, -0.2) is 4.99 Å². The first kappa shape index (κ1) is 23.8. The lowest BCUT2D eigenvalue weighted by Crippen LogP contribution is -2.39. The molecular weight excluding hydrogens is 476 g/mol. The Hall–Kier alpha value is -1.27. The van der Waals surface area contributed by atoms with E-state index in [2.05, 4.69) is 15.2 Å². The first-order valence-electron chi connectivity index (χ1n) is 8.48. The summed E-state index contributed by atoms with van der Waals surface area (Å²) >= 11 is 0. The summed E-state index contributed by atoms with van der Waals surface area (Å²) in [6.45, 7) is 4.71. The number of hydrogen-bond donors (Lipinski definition) is 2. The number of ether oxygens (including phenoxy) is 2. The molecule has 10 heteroatoms. The van der Waals surface area contributed by atoms with E-state index in [0.717, 1.165) is 45.3 Å². The van der Waals surface area contributed by atoms with Crippen molar-refractivity contribution in [2.75, 3.05) is 46.5 Å². The lowest BCUT2D eigenvalue weighted by molar-refractivity contribution is -0.138. The van der Waals surface area contributed by atoms with Gasteiger partial charge in [0.05, 0.1) is 32.4 Å². The van der Waals surface area contributed by atoms with E-state index >= 15 is 0 Å². The second kappa shape index (κ2) is 11.5. The molecule has 0 spiro atoms. The number of aliphatic imine (C=N–C) groups is 1. The Balaban J connectivity index is 0.00000364. The largest absolute Gasteiger partial charge is 0.497 e. The quantitative estimate of drug-likeness (QED) is 0.260. The molecule has 0 bridgehead atoms. The summed E-state index contributed by atoms with van der Waals surface area (Å²) < 4.78 is 49.6. The molecule has 154 valence electrons. The molecular formula is C17H26F3IN4O2. The third-order valence-corrected chi connectivity index (χ3v) is 4.10. The maximum absolute atomic E-state index is 13.1. The summed E-state index contributed by atoms with van der Waals surface area (Å²) in [6, 6.07) is 3.81. The van der Waals surface area contributed by atoms with Crippen molar-refractivity contribution in [1.29, 1.82) is 0 Å². The number of benzene rings is 1. The molecule has 0 aromatic heterocycles. The van der Waals surface area contributed by atoms with Crippen LogP contribution in [0, 0.1) is 0 Å². The van der Waals surface area contributed by atoms with Crippen LogP contribution in [0.15, 0.2) is 23.2 Å². The monoisotopic (exact) mass is 502 g/mol. The van der Waals surface area contributed by atoms with Crippen LogP contribution in [0.2, 0.25) is 0 Å². The standard InChI is InChI=1S/C17H25F3N4O2.HI/c1-25-14-4-3-13(15(11-14)17(18,19)20)12-23-16(21)22-5-2-6-24-7-9-26-10-8-24;/h3-4,11H,2,5-10,12H2,1H3,(H3,21,22,23);1H. The van der Waals surface area contributed by atoms with Crippen LogP contribution in [0.4, 0.5) is 13.2 Å². The minimum Gasteiger partial charge on any atom is -0.497 e. The zero-order valence-corrected chi connectivity index (χ0v) is 17.5. The maximum Gasteiger partial charge on any atom is 0.416 e. The molecule has 0 radical (unpaired) electrons. The van der Waals surface area contributed by atoms with Crippen molar-refractivity contribution < 1.29 is 22.6 Å². The van der Waals surface area contributed by atoms with Crippen LogP contribution >= 0.6 is 24.0 Å². The van der Waals surface area contributed by atoms with Crippen molar-refractivity contribution in [2.24, 2.45) is 10.7 Å². The number of nitrogens with two attached hydrogens (primary N) is 1. The summed E-state index contributed by atoms with van der Waals surface area (Å²) in [5, 5.41) is 2.94. The Labute approximate surface area is 174 Å². The fourth-order valence-corrected chi connectivity index (χ4v) is 2.65. The van der Waals surface area contributed by atoms with Crippen LogP contribution in [-0.2, 0) is 17.5 Å². The number of nitrogens with one attached hydrogen (secondary N) is 1. The first-order valence-corrected chi connectivity index (χ1v) is 8.48. The maximum atomic E-state index is 13.1. The molecule has 1 saturated heterocycles. The predicted molar refractivity (Wildman–Crippen MR) is 109 cm³/mol. The second-order valence-corrected chi connectivity index (χ2v) is 5.96. The van der Waals surface area contributed by atoms with E-state index in [4.69, 9.17) is 15.2 Å². The number of guanidine groups is 1. The smallest absolute Gasteiger partial charge is 0.416 e. The van der Waals surface area contributed by atoms with Gasteiger partial charge < -0.3 is 20.5 Å². The predicted octanol–water partition coefficient (Wildman–Crippen LogP) is 2.46. The van der Waals surface area contributed by atoms with Gasteiger partial charge in [-0.1, -0.05) is 6.07 Å². The highest BCUT2D eigenvalue weighted by molar-refractivity contribution is 14.0. The summed E-state index contributed by atoms with van der Waals surface area (Å²) in [7, 11) is 1.33. The van der Waals surface area contributed by atoms with Gasteiger partial charge in [0.1, 0.15) is 5.75 Å². The summed E-state index contributed by atoms with van der Waals surface area (Å²) in [5.41, 5.74) is 5.04. The third-order valence-electron chi connectivity index (χ3n) is 4.10. The molecule has 0 amide bonds. The van der Waals surface area contributed by atoms with E-state index in [1.807, 2.05) is 0 Å². The molecule has 0 atom stereocenters. The molecule has 1 aliphatic rings. The molecule has 3 N–H and O–H groups in total. The Morgan fingerprint density at radius 1 is 1.33 bits per heavy atom. The number of methoxy groups -OCH3 is 1. The van der Waals surface area contributed by atoms with Gasteiger partial charge in [0.25, 0.3) is 0 Å². The number of morpholine rings is 1. The number of alkyl halides is 3. The van der Waals surface area contributed by atoms with Gasteiger partial charge in [0.2, 0.25) is 0 Å². The average Bonchev–Trinajstić information content (AvgIpc) is 2.63. The molecule has 1 heterocycles. The van der Waals surface area contributed by atoms with Gasteiger partial charge in [0.15, 0.2) is 5.96 Å². The van der Waals surface area contributed by atoms with Gasteiger partial charge in [-0.3, -0.25) is 4.90 Å². The normalized spacial score (nSPS) is 15.9. The molecule has 0 aliphatic carbocycles. The van der Waals surface area contributed by atoms with Crippen LogP contribution in [0.1, 0.15) is 17.5 Å². The van der Waals surface area contributed by atoms with Gasteiger partial charge in [0, 0.05) is 19.6 Å². The Morgan fingerprint density at radius 2 is 2.04 bits per heavy atom. The number of halogens is 4. The number of rotatable bonds is 7. The third kappa shape index (κ3) is 8.09. The molecule has 1 fully saturated rings. The zero-order chi connectivity index (χ0) is 19.0. The van der Waals surface area contributed by atoms with E-state index in [1.165, 1.54) is 19.2 Å². The lowest BCUT2D eigenvalue weighted by atomic mass is 10.1. The topological polar surface area (TPSA) is 72.1 Å². The summed E-state index contributed by atoms with van der Waals surface area (Å²) in [4.78, 5) is 6.31. The van der Waals surface area contributed by atoms with E-state index < -0.39 is 11.7 Å². The second-order valence-electron chi connectivity index (χ2n) is 5.96. The summed E-state index contributed by atoms with van der Waals surface area (Å²) in [6.07, 6.45) is -3.60.